The number of methoxy groups -OCH3 is 3. The van der Waals surface area contributed by atoms with E-state index in [0.29, 0.717) is 48.0 Å². The minimum absolute atomic E-state index is 0.139. The Morgan fingerprint density at radius 2 is 1.85 bits per heavy atom. The standard InChI is InChI=1S/C25H26N4O5/c1-15-5-6-16(25(31)34-4)11-20(15)28-23-18-9-10-29(13-21(18)26-14-27-23)24(30)19-8-7-17(32-2)12-22(19)33-3/h5-8,11-12,14H,9-10,13H2,1-4H3,(H,26,27,28). The second-order valence-electron chi connectivity index (χ2n) is 7.84. The molecule has 0 radical (unpaired) electrons. The fourth-order valence-corrected chi connectivity index (χ4v) is 3.91. The first-order valence-electron chi connectivity index (χ1n) is 10.7. The lowest BCUT2D eigenvalue weighted by Crippen LogP contribution is -2.37. The van der Waals surface area contributed by atoms with E-state index in [4.69, 9.17) is 14.2 Å². The number of ether oxygens (including phenoxy) is 3. The fraction of sp³-hybridized carbons (Fsp3) is 0.280. The molecule has 0 saturated carbocycles. The lowest BCUT2D eigenvalue weighted by molar-refractivity contribution is 0.0600. The molecule has 0 bridgehead atoms. The molecule has 9 heteroatoms. The summed E-state index contributed by atoms with van der Waals surface area (Å²) in [5, 5.41) is 3.33. The van der Waals surface area contributed by atoms with Crippen LogP contribution in [0.1, 0.15) is 37.5 Å². The normalized spacial score (nSPS) is 12.5. The molecule has 9 nitrogen and oxygen atoms in total. The van der Waals surface area contributed by atoms with Gasteiger partial charge in [0.2, 0.25) is 0 Å². The van der Waals surface area contributed by atoms with Crippen LogP contribution in [0.15, 0.2) is 42.7 Å². The van der Waals surface area contributed by atoms with E-state index in [1.165, 1.54) is 20.5 Å². The van der Waals surface area contributed by atoms with E-state index in [1.807, 2.05) is 13.0 Å². The topological polar surface area (TPSA) is 103 Å². The van der Waals surface area contributed by atoms with Gasteiger partial charge in [0, 0.05) is 23.9 Å². The molecular weight excluding hydrogens is 436 g/mol. The van der Waals surface area contributed by atoms with Crippen molar-refractivity contribution in [2.45, 2.75) is 19.9 Å². The number of rotatable bonds is 6. The van der Waals surface area contributed by atoms with Gasteiger partial charge in [0.05, 0.1) is 44.7 Å². The van der Waals surface area contributed by atoms with Crippen molar-refractivity contribution in [1.29, 1.82) is 0 Å². The number of amides is 1. The number of esters is 1. The number of fused-ring (bicyclic) bond motifs is 1. The Labute approximate surface area is 197 Å². The van der Waals surface area contributed by atoms with Crippen molar-refractivity contribution in [2.75, 3.05) is 33.2 Å². The molecular formula is C25H26N4O5. The number of carbonyl (C=O) groups excluding carboxylic acids is 2. The van der Waals surface area contributed by atoms with Crippen LogP contribution in [-0.2, 0) is 17.7 Å². The molecule has 176 valence electrons. The predicted molar refractivity (Wildman–Crippen MR) is 126 cm³/mol. The highest BCUT2D eigenvalue weighted by Crippen LogP contribution is 2.30. The van der Waals surface area contributed by atoms with Gasteiger partial charge in [-0.1, -0.05) is 6.07 Å². The molecule has 1 aliphatic heterocycles. The van der Waals surface area contributed by atoms with Gasteiger partial charge in [-0.25, -0.2) is 14.8 Å². The van der Waals surface area contributed by atoms with E-state index in [9.17, 15) is 9.59 Å². The molecule has 0 aliphatic carbocycles. The Morgan fingerprint density at radius 3 is 2.59 bits per heavy atom. The molecule has 0 unspecified atom stereocenters. The van der Waals surface area contributed by atoms with Gasteiger partial charge in [0.25, 0.3) is 5.91 Å². The van der Waals surface area contributed by atoms with E-state index in [-0.39, 0.29) is 5.91 Å². The Kier molecular flexibility index (Phi) is 6.62. The number of nitrogens with zero attached hydrogens (tertiary/aromatic N) is 3. The minimum atomic E-state index is -0.407. The van der Waals surface area contributed by atoms with E-state index >= 15 is 0 Å². The highest BCUT2D eigenvalue weighted by molar-refractivity contribution is 5.97. The Bertz CT molecular complexity index is 1240. The van der Waals surface area contributed by atoms with Crippen LogP contribution in [0.3, 0.4) is 0 Å². The largest absolute Gasteiger partial charge is 0.497 e. The second-order valence-corrected chi connectivity index (χ2v) is 7.84. The number of hydrogen-bond donors (Lipinski definition) is 1. The number of nitrogens with one attached hydrogen (secondary N) is 1. The van der Waals surface area contributed by atoms with E-state index in [2.05, 4.69) is 15.3 Å². The smallest absolute Gasteiger partial charge is 0.337 e. The zero-order valence-corrected chi connectivity index (χ0v) is 19.5. The molecule has 4 rings (SSSR count). The van der Waals surface area contributed by atoms with Crippen molar-refractivity contribution in [2.24, 2.45) is 0 Å². The maximum Gasteiger partial charge on any atom is 0.337 e. The summed E-state index contributed by atoms with van der Waals surface area (Å²) in [7, 11) is 4.44. The number of aryl methyl sites for hydroxylation is 1. The van der Waals surface area contributed by atoms with Crippen LogP contribution in [0.4, 0.5) is 11.5 Å². The summed E-state index contributed by atoms with van der Waals surface area (Å²) in [5.74, 6) is 1.19. The molecule has 1 aliphatic rings. The van der Waals surface area contributed by atoms with E-state index in [0.717, 1.165) is 22.5 Å². The lowest BCUT2D eigenvalue weighted by atomic mass is 10.0. The molecule has 0 fully saturated rings. The number of anilines is 2. The van der Waals surface area contributed by atoms with Crippen LogP contribution in [0.5, 0.6) is 11.5 Å². The molecule has 1 N–H and O–H groups in total. The average Bonchev–Trinajstić information content (AvgIpc) is 2.88. The highest BCUT2D eigenvalue weighted by atomic mass is 16.5. The molecule has 2 heterocycles. The third kappa shape index (κ3) is 4.50. The van der Waals surface area contributed by atoms with Crippen molar-refractivity contribution in [3.8, 4) is 11.5 Å². The predicted octanol–water partition coefficient (Wildman–Crippen LogP) is 3.53. The Balaban J connectivity index is 1.58. The number of aromatic nitrogens is 2. The molecule has 0 spiro atoms. The van der Waals surface area contributed by atoms with Gasteiger partial charge in [-0.3, -0.25) is 4.79 Å². The number of carbonyl (C=O) groups is 2. The van der Waals surface area contributed by atoms with Gasteiger partial charge in [0.15, 0.2) is 0 Å². The summed E-state index contributed by atoms with van der Waals surface area (Å²) in [4.78, 5) is 35.8. The third-order valence-corrected chi connectivity index (χ3v) is 5.85. The maximum absolute atomic E-state index is 13.2. The van der Waals surface area contributed by atoms with Crippen LogP contribution in [0, 0.1) is 6.92 Å². The molecule has 0 saturated heterocycles. The summed E-state index contributed by atoms with van der Waals surface area (Å²) in [5.41, 5.74) is 4.34. The van der Waals surface area contributed by atoms with Crippen molar-refractivity contribution in [1.82, 2.24) is 14.9 Å². The van der Waals surface area contributed by atoms with Gasteiger partial charge in [-0.2, -0.15) is 0 Å². The quantitative estimate of drug-likeness (QED) is 0.555. The highest BCUT2D eigenvalue weighted by Gasteiger charge is 2.27. The Morgan fingerprint density at radius 1 is 1.03 bits per heavy atom. The molecule has 1 amide bonds. The van der Waals surface area contributed by atoms with Crippen molar-refractivity contribution in [3.05, 3.63) is 70.7 Å². The first-order chi connectivity index (χ1) is 16.4. The minimum Gasteiger partial charge on any atom is -0.497 e. The first kappa shape index (κ1) is 23.0. The maximum atomic E-state index is 13.2. The molecule has 34 heavy (non-hydrogen) atoms. The van der Waals surface area contributed by atoms with Crippen molar-refractivity contribution in [3.63, 3.8) is 0 Å². The lowest BCUT2D eigenvalue weighted by Gasteiger charge is -2.29. The van der Waals surface area contributed by atoms with Crippen LogP contribution < -0.4 is 14.8 Å². The summed E-state index contributed by atoms with van der Waals surface area (Å²) in [6, 6.07) is 10.5. The van der Waals surface area contributed by atoms with Crippen molar-refractivity contribution < 1.29 is 23.8 Å². The van der Waals surface area contributed by atoms with E-state index in [1.54, 1.807) is 42.3 Å². The summed E-state index contributed by atoms with van der Waals surface area (Å²) < 4.78 is 15.5. The van der Waals surface area contributed by atoms with E-state index < -0.39 is 5.97 Å². The van der Waals surface area contributed by atoms with Crippen molar-refractivity contribution >= 4 is 23.4 Å². The summed E-state index contributed by atoms with van der Waals surface area (Å²) in [6.45, 7) is 2.80. The molecule has 2 aromatic carbocycles. The SMILES string of the molecule is COC(=O)c1ccc(C)c(Nc2ncnc3c2CCN(C(=O)c2ccc(OC)cc2OC)C3)c1. The van der Waals surface area contributed by atoms with Crippen LogP contribution in [0.2, 0.25) is 0 Å². The zero-order valence-electron chi connectivity index (χ0n) is 19.5. The summed E-state index contributed by atoms with van der Waals surface area (Å²) in [6.07, 6.45) is 2.06. The van der Waals surface area contributed by atoms with Crippen LogP contribution in [-0.4, -0.2) is 54.6 Å². The monoisotopic (exact) mass is 462 g/mol. The van der Waals surface area contributed by atoms with Gasteiger partial charge >= 0.3 is 5.97 Å². The molecule has 0 atom stereocenters. The van der Waals surface area contributed by atoms with Gasteiger partial charge in [-0.05, 0) is 43.2 Å². The number of hydrogen-bond acceptors (Lipinski definition) is 8. The first-order valence-corrected chi connectivity index (χ1v) is 10.7. The molecule has 3 aromatic rings. The Hall–Kier alpha value is -4.14. The van der Waals surface area contributed by atoms with Gasteiger partial charge in [-0.15, -0.1) is 0 Å². The van der Waals surface area contributed by atoms with Crippen LogP contribution >= 0.6 is 0 Å². The molecule has 1 aromatic heterocycles. The average molecular weight is 463 g/mol. The third-order valence-electron chi connectivity index (χ3n) is 5.85. The zero-order chi connectivity index (χ0) is 24.2. The van der Waals surface area contributed by atoms with Gasteiger partial charge in [0.1, 0.15) is 23.6 Å². The van der Waals surface area contributed by atoms with Gasteiger partial charge < -0.3 is 24.4 Å². The summed E-state index contributed by atoms with van der Waals surface area (Å²) >= 11 is 0. The van der Waals surface area contributed by atoms with Crippen LogP contribution in [0.25, 0.3) is 0 Å². The second kappa shape index (κ2) is 9.78. The number of benzene rings is 2. The fourth-order valence-electron chi connectivity index (χ4n) is 3.91.